The first-order valence-corrected chi connectivity index (χ1v) is 8.41. The molecule has 136 valence electrons. The van der Waals surface area contributed by atoms with E-state index in [1.165, 1.54) is 42.5 Å². The first-order valence-electron chi connectivity index (χ1n) is 7.59. The van der Waals surface area contributed by atoms with E-state index in [0.29, 0.717) is 11.8 Å². The lowest BCUT2D eigenvalue weighted by Gasteiger charge is -2.12. The van der Waals surface area contributed by atoms with Crippen molar-refractivity contribution in [1.29, 1.82) is 0 Å². The minimum atomic E-state index is -0.652. The largest absolute Gasteiger partial charge is 0.293 e. The van der Waals surface area contributed by atoms with Crippen molar-refractivity contribution < 1.29 is 19.4 Å². The Morgan fingerprint density at radius 3 is 2.19 bits per heavy atom. The summed E-state index contributed by atoms with van der Waals surface area (Å²) in [6, 6.07) is 11.7. The number of para-hydroxylation sites is 2. The molecule has 10 heteroatoms. The maximum atomic E-state index is 12.6. The highest BCUT2D eigenvalue weighted by Gasteiger charge is 2.36. The topological polar surface area (TPSA) is 124 Å². The minimum Gasteiger partial charge on any atom is -0.268 e. The molecule has 0 spiro atoms. The van der Waals surface area contributed by atoms with Crippen LogP contribution in [0.5, 0.6) is 0 Å². The zero-order valence-corrected chi connectivity index (χ0v) is 14.4. The Bertz CT molecular complexity index is 1000. The van der Waals surface area contributed by atoms with Crippen molar-refractivity contribution in [2.24, 2.45) is 0 Å². The van der Waals surface area contributed by atoms with E-state index in [4.69, 9.17) is 0 Å². The Balaban J connectivity index is 1.91. The molecule has 0 aromatic heterocycles. The van der Waals surface area contributed by atoms with Crippen LogP contribution in [0.15, 0.2) is 53.4 Å². The van der Waals surface area contributed by atoms with Crippen LogP contribution in [0.3, 0.4) is 0 Å². The summed E-state index contributed by atoms with van der Waals surface area (Å²) in [5, 5.41) is 21.6. The second-order valence-electron chi connectivity index (χ2n) is 5.47. The van der Waals surface area contributed by atoms with Crippen molar-refractivity contribution in [3.63, 3.8) is 0 Å². The highest BCUT2D eigenvalue weighted by Crippen LogP contribution is 2.35. The lowest BCUT2D eigenvalue weighted by Crippen LogP contribution is -2.27. The lowest BCUT2D eigenvalue weighted by atomic mass is 10.1. The summed E-state index contributed by atoms with van der Waals surface area (Å²) in [5.41, 5.74) is 0.0256. The Kier molecular flexibility index (Phi) is 4.99. The van der Waals surface area contributed by atoms with Crippen molar-refractivity contribution in [3.05, 3.63) is 84.8 Å². The number of nitro benzene ring substituents is 2. The van der Waals surface area contributed by atoms with Gasteiger partial charge < -0.3 is 0 Å². The van der Waals surface area contributed by atoms with Gasteiger partial charge in [-0.2, -0.15) is 0 Å². The number of nitrogens with zero attached hydrogens (tertiary/aromatic N) is 3. The van der Waals surface area contributed by atoms with Crippen LogP contribution in [-0.2, 0) is 11.3 Å². The molecule has 0 atom stereocenters. The number of amides is 2. The number of carbonyl (C=O) groups excluding carboxylic acids is 2. The minimum absolute atomic E-state index is 0.0212. The molecule has 1 aliphatic heterocycles. The van der Waals surface area contributed by atoms with Crippen LogP contribution in [0.4, 0.5) is 16.2 Å². The summed E-state index contributed by atoms with van der Waals surface area (Å²) >= 11 is 0.637. The molecule has 0 unspecified atom stereocenters. The Labute approximate surface area is 156 Å². The normalized spacial score (nSPS) is 15.4. The predicted octanol–water partition coefficient (Wildman–Crippen LogP) is 3.74. The quantitative estimate of drug-likeness (QED) is 0.436. The second-order valence-corrected chi connectivity index (χ2v) is 6.46. The van der Waals surface area contributed by atoms with Gasteiger partial charge in [-0.25, -0.2) is 0 Å². The number of hydrogen-bond acceptors (Lipinski definition) is 7. The predicted molar refractivity (Wildman–Crippen MR) is 97.7 cm³/mol. The van der Waals surface area contributed by atoms with Crippen LogP contribution in [0.25, 0.3) is 6.08 Å². The summed E-state index contributed by atoms with van der Waals surface area (Å²) in [4.78, 5) is 46.7. The number of nitro groups is 2. The molecule has 1 aliphatic rings. The van der Waals surface area contributed by atoms with E-state index < -0.39 is 21.0 Å². The van der Waals surface area contributed by atoms with Gasteiger partial charge in [0.05, 0.1) is 26.9 Å². The first kappa shape index (κ1) is 18.3. The van der Waals surface area contributed by atoms with Gasteiger partial charge in [-0.15, -0.1) is 0 Å². The lowest BCUT2D eigenvalue weighted by molar-refractivity contribution is -0.385. The molecule has 1 fully saturated rings. The average molecular weight is 385 g/mol. The fourth-order valence-corrected chi connectivity index (χ4v) is 3.38. The van der Waals surface area contributed by atoms with Crippen LogP contribution in [0.1, 0.15) is 11.1 Å². The van der Waals surface area contributed by atoms with Crippen molar-refractivity contribution in [3.8, 4) is 0 Å². The van der Waals surface area contributed by atoms with E-state index in [0.717, 1.165) is 4.90 Å². The van der Waals surface area contributed by atoms with E-state index in [1.54, 1.807) is 12.1 Å². The van der Waals surface area contributed by atoms with Gasteiger partial charge in [-0.3, -0.25) is 34.7 Å². The molecular weight excluding hydrogens is 374 g/mol. The standard InChI is InChI=1S/C17H11N3O6S/c21-16-15(9-11-5-1-3-7-13(11)19(23)24)27-17(22)18(16)10-12-6-2-4-8-14(12)20(25)26/h1-9H,10H2. The summed E-state index contributed by atoms with van der Waals surface area (Å²) in [6.07, 6.45) is 1.28. The summed E-state index contributed by atoms with van der Waals surface area (Å²) < 4.78 is 0. The highest BCUT2D eigenvalue weighted by molar-refractivity contribution is 8.18. The summed E-state index contributed by atoms with van der Waals surface area (Å²) in [5.74, 6) is -0.652. The summed E-state index contributed by atoms with van der Waals surface area (Å²) in [6.45, 7) is -0.254. The molecule has 3 rings (SSSR count). The van der Waals surface area contributed by atoms with Gasteiger partial charge in [-0.05, 0) is 23.9 Å². The van der Waals surface area contributed by atoms with Gasteiger partial charge in [0.2, 0.25) is 0 Å². The molecule has 2 aromatic rings. The van der Waals surface area contributed by atoms with E-state index in [2.05, 4.69) is 0 Å². The molecule has 2 amide bonds. The second kappa shape index (κ2) is 7.38. The van der Waals surface area contributed by atoms with E-state index >= 15 is 0 Å². The number of rotatable bonds is 5. The number of imide groups is 1. The molecule has 1 heterocycles. The maximum absolute atomic E-state index is 12.6. The monoisotopic (exact) mass is 385 g/mol. The van der Waals surface area contributed by atoms with Crippen LogP contribution in [0, 0.1) is 20.2 Å². The van der Waals surface area contributed by atoms with Crippen molar-refractivity contribution in [2.45, 2.75) is 6.54 Å². The SMILES string of the molecule is O=C1SC(=Cc2ccccc2[N+](=O)[O-])C(=O)N1Cc1ccccc1[N+](=O)[O-]. The molecule has 0 saturated carbocycles. The van der Waals surface area contributed by atoms with E-state index in [9.17, 15) is 29.8 Å². The first-order chi connectivity index (χ1) is 12.9. The zero-order chi connectivity index (χ0) is 19.6. The molecule has 27 heavy (non-hydrogen) atoms. The summed E-state index contributed by atoms with van der Waals surface area (Å²) in [7, 11) is 0. The number of benzene rings is 2. The van der Waals surface area contributed by atoms with Crippen LogP contribution in [0.2, 0.25) is 0 Å². The molecule has 0 radical (unpaired) electrons. The average Bonchev–Trinajstić information content (AvgIpc) is 2.90. The van der Waals surface area contributed by atoms with Gasteiger partial charge in [0.25, 0.3) is 22.5 Å². The Hall–Kier alpha value is -3.53. The van der Waals surface area contributed by atoms with Crippen molar-refractivity contribution in [1.82, 2.24) is 4.90 Å². The van der Waals surface area contributed by atoms with Crippen molar-refractivity contribution >= 4 is 40.4 Å². The van der Waals surface area contributed by atoms with Crippen LogP contribution >= 0.6 is 11.8 Å². The number of carbonyl (C=O) groups is 2. The molecule has 0 bridgehead atoms. The number of thioether (sulfide) groups is 1. The number of hydrogen-bond donors (Lipinski definition) is 0. The van der Waals surface area contributed by atoms with Crippen molar-refractivity contribution in [2.75, 3.05) is 0 Å². The van der Waals surface area contributed by atoms with Crippen LogP contribution < -0.4 is 0 Å². The van der Waals surface area contributed by atoms with Gasteiger partial charge in [0.15, 0.2) is 0 Å². The zero-order valence-electron chi connectivity index (χ0n) is 13.6. The Morgan fingerprint density at radius 2 is 1.52 bits per heavy atom. The third-order valence-corrected chi connectivity index (χ3v) is 4.72. The van der Waals surface area contributed by atoms with Gasteiger partial charge >= 0.3 is 0 Å². The maximum Gasteiger partial charge on any atom is 0.293 e. The molecule has 1 saturated heterocycles. The van der Waals surface area contributed by atoms with E-state index in [-0.39, 0.29) is 34.0 Å². The molecule has 0 aliphatic carbocycles. The molecule has 0 N–H and O–H groups in total. The Morgan fingerprint density at radius 1 is 0.926 bits per heavy atom. The fourth-order valence-electron chi connectivity index (χ4n) is 2.55. The van der Waals surface area contributed by atoms with Gasteiger partial charge in [0, 0.05) is 17.7 Å². The smallest absolute Gasteiger partial charge is 0.268 e. The third-order valence-electron chi connectivity index (χ3n) is 3.81. The molecule has 2 aromatic carbocycles. The van der Waals surface area contributed by atoms with Crippen LogP contribution in [-0.4, -0.2) is 25.9 Å². The molecular formula is C17H11N3O6S. The van der Waals surface area contributed by atoms with Gasteiger partial charge in [-0.1, -0.05) is 30.3 Å². The highest BCUT2D eigenvalue weighted by atomic mass is 32.2. The van der Waals surface area contributed by atoms with Gasteiger partial charge in [0.1, 0.15) is 0 Å². The fraction of sp³-hybridized carbons (Fsp3) is 0.0588. The van der Waals surface area contributed by atoms with E-state index in [1.807, 2.05) is 0 Å². The third kappa shape index (κ3) is 3.70. The molecule has 9 nitrogen and oxygen atoms in total.